The zero-order valence-corrected chi connectivity index (χ0v) is 13.7. The molecule has 1 N–H and O–H groups in total. The highest BCUT2D eigenvalue weighted by atomic mass is 32.2. The van der Waals surface area contributed by atoms with Gasteiger partial charge in [-0.05, 0) is 5.56 Å². The fourth-order valence-corrected chi connectivity index (χ4v) is 4.52. The Morgan fingerprint density at radius 3 is 2.77 bits per heavy atom. The first-order valence-electron chi connectivity index (χ1n) is 7.15. The minimum Gasteiger partial charge on any atom is -0.459 e. The summed E-state index contributed by atoms with van der Waals surface area (Å²) in [5, 5.41) is 3.16. The Balaban J connectivity index is 1.57. The molecule has 0 aliphatic carbocycles. The molecule has 1 aromatic carbocycles. The summed E-state index contributed by atoms with van der Waals surface area (Å²) in [6.07, 6.45) is 0. The summed E-state index contributed by atoms with van der Waals surface area (Å²) in [5.74, 6) is 2.43. The summed E-state index contributed by atoms with van der Waals surface area (Å²) >= 11 is 3.30. The van der Waals surface area contributed by atoms with Gasteiger partial charge in [0.15, 0.2) is 0 Å². The minimum absolute atomic E-state index is 0.0108. The molecule has 2 saturated heterocycles. The van der Waals surface area contributed by atoms with Gasteiger partial charge in [0.1, 0.15) is 12.6 Å². The predicted molar refractivity (Wildman–Crippen MR) is 88.4 cm³/mol. The van der Waals surface area contributed by atoms with Crippen LogP contribution in [0, 0.1) is 0 Å². The van der Waals surface area contributed by atoms with Crippen LogP contribution in [0.2, 0.25) is 0 Å². The van der Waals surface area contributed by atoms with Crippen LogP contribution in [0.15, 0.2) is 30.3 Å². The van der Waals surface area contributed by atoms with Crippen molar-refractivity contribution in [1.82, 2.24) is 10.2 Å². The minimum atomic E-state index is -0.464. The van der Waals surface area contributed by atoms with E-state index in [1.807, 2.05) is 30.3 Å². The number of hydrogen-bond acceptors (Lipinski definition) is 6. The van der Waals surface area contributed by atoms with E-state index in [0.29, 0.717) is 11.6 Å². The molecule has 2 atom stereocenters. The summed E-state index contributed by atoms with van der Waals surface area (Å²) in [6, 6.07) is 8.94. The Bertz CT molecular complexity index is 535. The molecule has 3 rings (SSSR count). The highest BCUT2D eigenvalue weighted by Crippen LogP contribution is 2.24. The van der Waals surface area contributed by atoms with E-state index >= 15 is 0 Å². The number of carbonyl (C=O) groups is 2. The van der Waals surface area contributed by atoms with Gasteiger partial charge in [-0.2, -0.15) is 0 Å². The largest absolute Gasteiger partial charge is 0.459 e. The van der Waals surface area contributed by atoms with Gasteiger partial charge in [-0.1, -0.05) is 30.3 Å². The number of benzene rings is 1. The SMILES string of the molecule is O=C(OCc1ccccc1)[C@@H]1CSCN1C(=O)[C@@H]1CSCN1. The second-order valence-corrected chi connectivity index (χ2v) is 7.22. The second-order valence-electron chi connectivity index (χ2n) is 5.19. The van der Waals surface area contributed by atoms with E-state index in [-0.39, 0.29) is 24.5 Å². The van der Waals surface area contributed by atoms with Gasteiger partial charge in [0.25, 0.3) is 0 Å². The van der Waals surface area contributed by atoms with Crippen LogP contribution in [0.5, 0.6) is 0 Å². The molecule has 2 aliphatic rings. The van der Waals surface area contributed by atoms with Crippen molar-refractivity contribution in [2.75, 3.05) is 23.3 Å². The van der Waals surface area contributed by atoms with E-state index in [4.69, 9.17) is 4.74 Å². The van der Waals surface area contributed by atoms with Gasteiger partial charge < -0.3 is 9.64 Å². The topological polar surface area (TPSA) is 58.6 Å². The number of rotatable bonds is 4. The first kappa shape index (κ1) is 15.7. The molecule has 5 nitrogen and oxygen atoms in total. The van der Waals surface area contributed by atoms with Crippen LogP contribution >= 0.6 is 23.5 Å². The third kappa shape index (κ3) is 3.59. The van der Waals surface area contributed by atoms with Crippen molar-refractivity contribution >= 4 is 35.4 Å². The van der Waals surface area contributed by atoms with E-state index in [1.165, 1.54) is 0 Å². The summed E-state index contributed by atoms with van der Waals surface area (Å²) in [5.41, 5.74) is 0.952. The van der Waals surface area contributed by atoms with E-state index < -0.39 is 6.04 Å². The van der Waals surface area contributed by atoms with Crippen LogP contribution in [0.4, 0.5) is 0 Å². The monoisotopic (exact) mass is 338 g/mol. The van der Waals surface area contributed by atoms with E-state index in [1.54, 1.807) is 28.4 Å². The molecule has 2 heterocycles. The van der Waals surface area contributed by atoms with E-state index in [9.17, 15) is 9.59 Å². The fraction of sp³-hybridized carbons (Fsp3) is 0.467. The maximum absolute atomic E-state index is 12.5. The molecule has 22 heavy (non-hydrogen) atoms. The predicted octanol–water partition coefficient (Wildman–Crippen LogP) is 1.29. The zero-order chi connectivity index (χ0) is 15.4. The third-order valence-corrected chi connectivity index (χ3v) is 5.63. The van der Waals surface area contributed by atoms with Gasteiger partial charge in [-0.15, -0.1) is 23.5 Å². The molecule has 1 aromatic rings. The van der Waals surface area contributed by atoms with Gasteiger partial charge in [0, 0.05) is 17.4 Å². The van der Waals surface area contributed by atoms with Crippen LogP contribution in [-0.4, -0.2) is 52.1 Å². The molecular formula is C15H18N2O3S2. The maximum atomic E-state index is 12.5. The Morgan fingerprint density at radius 2 is 2.05 bits per heavy atom. The summed E-state index contributed by atoms with van der Waals surface area (Å²) in [4.78, 5) is 26.4. The molecule has 7 heteroatoms. The lowest BCUT2D eigenvalue weighted by molar-refractivity contribution is -0.154. The Hall–Kier alpha value is -1.18. The van der Waals surface area contributed by atoms with Crippen molar-refractivity contribution in [1.29, 1.82) is 0 Å². The molecule has 0 spiro atoms. The van der Waals surface area contributed by atoms with Crippen LogP contribution in [0.1, 0.15) is 5.56 Å². The van der Waals surface area contributed by atoms with Crippen molar-refractivity contribution in [2.24, 2.45) is 0 Å². The molecule has 118 valence electrons. The average molecular weight is 338 g/mol. The molecule has 1 amide bonds. The number of amides is 1. The molecule has 0 radical (unpaired) electrons. The first-order chi connectivity index (χ1) is 10.8. The Morgan fingerprint density at radius 1 is 1.23 bits per heavy atom. The lowest BCUT2D eigenvalue weighted by atomic mass is 10.2. The molecule has 2 fully saturated rings. The molecule has 2 aliphatic heterocycles. The van der Waals surface area contributed by atoms with E-state index in [2.05, 4.69) is 5.32 Å². The number of hydrogen-bond donors (Lipinski definition) is 1. The van der Waals surface area contributed by atoms with Crippen molar-refractivity contribution < 1.29 is 14.3 Å². The molecule has 0 unspecified atom stereocenters. The Kier molecular flexibility index (Phi) is 5.28. The van der Waals surface area contributed by atoms with Crippen LogP contribution < -0.4 is 5.32 Å². The standard InChI is InChI=1S/C15H18N2O3S2/c18-14(12-7-21-9-16-12)17-10-22-8-13(17)15(19)20-6-11-4-2-1-3-5-11/h1-5,12-13,16H,6-10H2/t12-,13-/m0/s1. The number of esters is 1. The molecular weight excluding hydrogens is 320 g/mol. The highest BCUT2D eigenvalue weighted by Gasteiger charge is 2.39. The van der Waals surface area contributed by atoms with Crippen molar-refractivity contribution in [3.63, 3.8) is 0 Å². The maximum Gasteiger partial charge on any atom is 0.330 e. The lowest BCUT2D eigenvalue weighted by Crippen LogP contribution is -2.50. The van der Waals surface area contributed by atoms with Crippen LogP contribution in [0.25, 0.3) is 0 Å². The van der Waals surface area contributed by atoms with Crippen molar-refractivity contribution in [3.05, 3.63) is 35.9 Å². The Labute approximate surface area is 138 Å². The number of carbonyl (C=O) groups excluding carboxylic acids is 2. The van der Waals surface area contributed by atoms with Crippen LogP contribution in [0.3, 0.4) is 0 Å². The second kappa shape index (κ2) is 7.39. The van der Waals surface area contributed by atoms with Gasteiger partial charge in [0.05, 0.1) is 11.9 Å². The zero-order valence-electron chi connectivity index (χ0n) is 12.1. The molecule has 0 bridgehead atoms. The quantitative estimate of drug-likeness (QED) is 0.835. The number of thioether (sulfide) groups is 2. The summed E-state index contributed by atoms with van der Waals surface area (Å²) in [7, 11) is 0. The summed E-state index contributed by atoms with van der Waals surface area (Å²) in [6.45, 7) is 0.250. The molecule has 0 aromatic heterocycles. The number of nitrogens with zero attached hydrogens (tertiary/aromatic N) is 1. The van der Waals surface area contributed by atoms with Gasteiger partial charge in [-0.25, -0.2) is 4.79 Å². The molecule has 0 saturated carbocycles. The fourth-order valence-electron chi connectivity index (χ4n) is 2.43. The van der Waals surface area contributed by atoms with Crippen molar-refractivity contribution in [2.45, 2.75) is 18.7 Å². The smallest absolute Gasteiger partial charge is 0.330 e. The lowest BCUT2D eigenvalue weighted by Gasteiger charge is -2.25. The first-order valence-corrected chi connectivity index (χ1v) is 9.46. The normalized spacial score (nSPS) is 24.5. The van der Waals surface area contributed by atoms with Crippen LogP contribution in [-0.2, 0) is 20.9 Å². The van der Waals surface area contributed by atoms with E-state index in [0.717, 1.165) is 17.2 Å². The van der Waals surface area contributed by atoms with Gasteiger partial charge in [-0.3, -0.25) is 10.1 Å². The average Bonchev–Trinajstić information content (AvgIpc) is 3.24. The third-order valence-electron chi connectivity index (χ3n) is 3.68. The highest BCUT2D eigenvalue weighted by molar-refractivity contribution is 7.99. The van der Waals surface area contributed by atoms with Gasteiger partial charge >= 0.3 is 5.97 Å². The van der Waals surface area contributed by atoms with Crippen molar-refractivity contribution in [3.8, 4) is 0 Å². The number of nitrogens with one attached hydrogen (secondary N) is 1. The number of ether oxygens (including phenoxy) is 1. The summed E-state index contributed by atoms with van der Waals surface area (Å²) < 4.78 is 5.38. The van der Waals surface area contributed by atoms with Gasteiger partial charge in [0.2, 0.25) is 5.91 Å².